The standard InChI is InChI=1S/C14H10BrClN2O/c15-11-3-2-10(7-17)13(6-11)18-8-9-1-4-14(19)12(16)5-9/h1-6,18-19H,8H2. The Balaban J connectivity index is 2.16. The fraction of sp³-hybridized carbons (Fsp3) is 0.0714. The minimum absolute atomic E-state index is 0.0607. The van der Waals surface area contributed by atoms with E-state index in [-0.39, 0.29) is 5.75 Å². The predicted octanol–water partition coefficient (Wildman–Crippen LogP) is 4.29. The summed E-state index contributed by atoms with van der Waals surface area (Å²) in [5.74, 6) is 0.0607. The Kier molecular flexibility index (Phi) is 4.31. The number of halogens is 2. The van der Waals surface area contributed by atoms with Crippen LogP contribution in [0.4, 0.5) is 5.69 Å². The van der Waals surface area contributed by atoms with Gasteiger partial charge < -0.3 is 10.4 Å². The maximum Gasteiger partial charge on any atom is 0.134 e. The Labute approximate surface area is 124 Å². The second kappa shape index (κ2) is 5.96. The molecule has 0 aliphatic carbocycles. The van der Waals surface area contributed by atoms with E-state index in [9.17, 15) is 5.11 Å². The lowest BCUT2D eigenvalue weighted by Crippen LogP contribution is -2.01. The molecular weight excluding hydrogens is 328 g/mol. The summed E-state index contributed by atoms with van der Waals surface area (Å²) in [4.78, 5) is 0. The third-order valence-corrected chi connectivity index (χ3v) is 3.39. The Bertz CT molecular complexity index is 652. The fourth-order valence-electron chi connectivity index (χ4n) is 1.62. The van der Waals surface area contributed by atoms with Gasteiger partial charge in [-0.1, -0.05) is 33.6 Å². The van der Waals surface area contributed by atoms with Gasteiger partial charge in [-0.25, -0.2) is 0 Å². The summed E-state index contributed by atoms with van der Waals surface area (Å²) in [5.41, 5.74) is 2.25. The number of benzene rings is 2. The highest BCUT2D eigenvalue weighted by Crippen LogP contribution is 2.25. The van der Waals surface area contributed by atoms with E-state index >= 15 is 0 Å². The van der Waals surface area contributed by atoms with Gasteiger partial charge in [-0.2, -0.15) is 5.26 Å². The highest BCUT2D eigenvalue weighted by molar-refractivity contribution is 9.10. The predicted molar refractivity (Wildman–Crippen MR) is 79.3 cm³/mol. The Morgan fingerprint density at radius 3 is 2.74 bits per heavy atom. The number of hydrogen-bond acceptors (Lipinski definition) is 3. The molecule has 0 radical (unpaired) electrons. The van der Waals surface area contributed by atoms with E-state index in [4.69, 9.17) is 16.9 Å². The first-order chi connectivity index (χ1) is 9.10. The average Bonchev–Trinajstić information content (AvgIpc) is 2.40. The molecule has 0 atom stereocenters. The van der Waals surface area contributed by atoms with E-state index in [1.165, 1.54) is 0 Å². The molecule has 2 aromatic rings. The maximum absolute atomic E-state index is 9.35. The quantitative estimate of drug-likeness (QED) is 0.878. The number of nitriles is 1. The van der Waals surface area contributed by atoms with Crippen molar-refractivity contribution in [1.29, 1.82) is 5.26 Å². The van der Waals surface area contributed by atoms with Crippen LogP contribution in [0.3, 0.4) is 0 Å². The molecule has 0 spiro atoms. The molecule has 0 heterocycles. The molecule has 0 aliphatic rings. The van der Waals surface area contributed by atoms with Crippen molar-refractivity contribution in [2.24, 2.45) is 0 Å². The molecule has 0 aromatic heterocycles. The van der Waals surface area contributed by atoms with Gasteiger partial charge in [-0.3, -0.25) is 0 Å². The summed E-state index contributed by atoms with van der Waals surface area (Å²) in [6.07, 6.45) is 0. The van der Waals surface area contributed by atoms with Gasteiger partial charge in [0, 0.05) is 11.0 Å². The summed E-state index contributed by atoms with van der Waals surface area (Å²) in [7, 11) is 0. The van der Waals surface area contributed by atoms with Crippen LogP contribution in [0.1, 0.15) is 11.1 Å². The van der Waals surface area contributed by atoms with Crippen LogP contribution < -0.4 is 5.32 Å². The molecule has 0 fully saturated rings. The number of phenolic OH excluding ortho intramolecular Hbond substituents is 1. The topological polar surface area (TPSA) is 56.0 Å². The molecule has 0 bridgehead atoms. The van der Waals surface area contributed by atoms with Crippen molar-refractivity contribution in [3.05, 3.63) is 57.0 Å². The van der Waals surface area contributed by atoms with Gasteiger partial charge >= 0.3 is 0 Å². The van der Waals surface area contributed by atoms with Crippen LogP contribution in [0.2, 0.25) is 5.02 Å². The zero-order valence-electron chi connectivity index (χ0n) is 9.82. The van der Waals surface area contributed by atoms with Crippen molar-refractivity contribution in [3.8, 4) is 11.8 Å². The molecule has 0 unspecified atom stereocenters. The minimum Gasteiger partial charge on any atom is -0.506 e. The third-order valence-electron chi connectivity index (χ3n) is 2.60. The molecule has 96 valence electrons. The zero-order chi connectivity index (χ0) is 13.8. The number of nitrogens with one attached hydrogen (secondary N) is 1. The molecule has 5 heteroatoms. The smallest absolute Gasteiger partial charge is 0.134 e. The summed E-state index contributed by atoms with van der Waals surface area (Å²) < 4.78 is 0.901. The number of aromatic hydroxyl groups is 1. The van der Waals surface area contributed by atoms with E-state index in [1.807, 2.05) is 12.1 Å². The van der Waals surface area contributed by atoms with Crippen LogP contribution in [0.5, 0.6) is 5.75 Å². The summed E-state index contributed by atoms with van der Waals surface area (Å²) >= 11 is 9.21. The number of phenols is 1. The van der Waals surface area contributed by atoms with E-state index in [0.717, 1.165) is 15.7 Å². The second-order valence-corrected chi connectivity index (χ2v) is 5.26. The van der Waals surface area contributed by atoms with Crippen LogP contribution >= 0.6 is 27.5 Å². The van der Waals surface area contributed by atoms with Crippen molar-refractivity contribution in [3.63, 3.8) is 0 Å². The molecule has 0 saturated carbocycles. The van der Waals surface area contributed by atoms with Crippen molar-refractivity contribution < 1.29 is 5.11 Å². The third kappa shape index (κ3) is 3.40. The number of rotatable bonds is 3. The number of nitrogens with zero attached hydrogens (tertiary/aromatic N) is 1. The van der Waals surface area contributed by atoms with E-state index in [2.05, 4.69) is 27.3 Å². The van der Waals surface area contributed by atoms with Crippen molar-refractivity contribution in [2.75, 3.05) is 5.32 Å². The van der Waals surface area contributed by atoms with Gasteiger partial charge in [0.1, 0.15) is 11.8 Å². The van der Waals surface area contributed by atoms with Crippen molar-refractivity contribution >= 4 is 33.2 Å². The minimum atomic E-state index is 0.0607. The van der Waals surface area contributed by atoms with Crippen LogP contribution in [0, 0.1) is 11.3 Å². The number of anilines is 1. The summed E-state index contributed by atoms with van der Waals surface area (Å²) in [6.45, 7) is 0.519. The van der Waals surface area contributed by atoms with Crippen LogP contribution in [-0.2, 0) is 6.54 Å². The highest BCUT2D eigenvalue weighted by atomic mass is 79.9. The Morgan fingerprint density at radius 1 is 1.26 bits per heavy atom. The molecule has 0 saturated heterocycles. The van der Waals surface area contributed by atoms with E-state index < -0.39 is 0 Å². The van der Waals surface area contributed by atoms with Gasteiger partial charge in [0.25, 0.3) is 0 Å². The molecule has 2 aromatic carbocycles. The lowest BCUT2D eigenvalue weighted by molar-refractivity contribution is 0.475. The Hall–Kier alpha value is -1.70. The first-order valence-electron chi connectivity index (χ1n) is 5.51. The molecule has 0 aliphatic heterocycles. The van der Waals surface area contributed by atoms with Crippen molar-refractivity contribution in [2.45, 2.75) is 6.54 Å². The molecule has 0 amide bonds. The normalized spacial score (nSPS) is 9.95. The van der Waals surface area contributed by atoms with Crippen LogP contribution in [0.15, 0.2) is 40.9 Å². The van der Waals surface area contributed by atoms with Gasteiger partial charge in [0.15, 0.2) is 0 Å². The summed E-state index contributed by atoms with van der Waals surface area (Å²) in [5, 5.41) is 21.9. The van der Waals surface area contributed by atoms with E-state index in [0.29, 0.717) is 17.1 Å². The van der Waals surface area contributed by atoms with Crippen LogP contribution in [-0.4, -0.2) is 5.11 Å². The fourth-order valence-corrected chi connectivity index (χ4v) is 2.18. The molecule has 19 heavy (non-hydrogen) atoms. The monoisotopic (exact) mass is 336 g/mol. The molecule has 2 N–H and O–H groups in total. The van der Waals surface area contributed by atoms with Gasteiger partial charge in [0.2, 0.25) is 0 Å². The van der Waals surface area contributed by atoms with E-state index in [1.54, 1.807) is 24.3 Å². The first kappa shape index (κ1) is 13.7. The molecule has 3 nitrogen and oxygen atoms in total. The highest BCUT2D eigenvalue weighted by Gasteiger charge is 2.04. The maximum atomic E-state index is 9.35. The van der Waals surface area contributed by atoms with Crippen LogP contribution in [0.25, 0.3) is 0 Å². The molecular formula is C14H10BrClN2O. The first-order valence-corrected chi connectivity index (χ1v) is 6.68. The van der Waals surface area contributed by atoms with Gasteiger partial charge in [0.05, 0.1) is 16.3 Å². The summed E-state index contributed by atoms with van der Waals surface area (Å²) in [6, 6.07) is 12.6. The lowest BCUT2D eigenvalue weighted by Gasteiger charge is -2.09. The number of hydrogen-bond donors (Lipinski definition) is 2. The Morgan fingerprint density at radius 2 is 2.05 bits per heavy atom. The second-order valence-electron chi connectivity index (χ2n) is 3.94. The SMILES string of the molecule is N#Cc1ccc(Br)cc1NCc1ccc(O)c(Cl)c1. The van der Waals surface area contributed by atoms with Crippen molar-refractivity contribution in [1.82, 2.24) is 0 Å². The lowest BCUT2D eigenvalue weighted by atomic mass is 10.1. The average molecular weight is 338 g/mol. The largest absolute Gasteiger partial charge is 0.506 e. The zero-order valence-corrected chi connectivity index (χ0v) is 12.2. The molecule has 2 rings (SSSR count). The van der Waals surface area contributed by atoms with Gasteiger partial charge in [-0.05, 0) is 35.9 Å². The van der Waals surface area contributed by atoms with Gasteiger partial charge in [-0.15, -0.1) is 0 Å².